The zero-order valence-corrected chi connectivity index (χ0v) is 10.8. The maximum Gasteiger partial charge on any atom is 0.182 e. The van der Waals surface area contributed by atoms with E-state index in [0.29, 0.717) is 5.82 Å². The SMILES string of the molecule is CCCc1c(N)noc1-c1cc2c(s1)CCC2. The van der Waals surface area contributed by atoms with Crippen molar-refractivity contribution >= 4 is 17.2 Å². The van der Waals surface area contributed by atoms with Gasteiger partial charge in [0.15, 0.2) is 11.6 Å². The van der Waals surface area contributed by atoms with Crippen LogP contribution in [0, 0.1) is 0 Å². The first-order valence-corrected chi connectivity index (χ1v) is 6.97. The van der Waals surface area contributed by atoms with Gasteiger partial charge in [-0.25, -0.2) is 0 Å². The highest BCUT2D eigenvalue weighted by molar-refractivity contribution is 7.15. The normalized spacial score (nSPS) is 14.2. The molecule has 0 aliphatic heterocycles. The number of fused-ring (bicyclic) bond motifs is 1. The van der Waals surface area contributed by atoms with E-state index >= 15 is 0 Å². The minimum absolute atomic E-state index is 0.551. The molecule has 0 amide bonds. The van der Waals surface area contributed by atoms with Gasteiger partial charge in [0.1, 0.15) is 0 Å². The van der Waals surface area contributed by atoms with Crippen LogP contribution in [0.1, 0.15) is 35.8 Å². The van der Waals surface area contributed by atoms with Crippen molar-refractivity contribution in [2.75, 3.05) is 5.73 Å². The summed E-state index contributed by atoms with van der Waals surface area (Å²) in [6.07, 6.45) is 5.71. The van der Waals surface area contributed by atoms with E-state index in [1.165, 1.54) is 34.6 Å². The fourth-order valence-electron chi connectivity index (χ4n) is 2.45. The number of aromatic nitrogens is 1. The molecule has 0 unspecified atom stereocenters. The molecule has 17 heavy (non-hydrogen) atoms. The van der Waals surface area contributed by atoms with Gasteiger partial charge in [-0.3, -0.25) is 0 Å². The van der Waals surface area contributed by atoms with Crippen molar-refractivity contribution < 1.29 is 4.52 Å². The first kappa shape index (κ1) is 10.8. The van der Waals surface area contributed by atoms with E-state index in [1.54, 1.807) is 0 Å². The van der Waals surface area contributed by atoms with Crippen molar-refractivity contribution in [1.29, 1.82) is 0 Å². The number of hydrogen-bond acceptors (Lipinski definition) is 4. The molecule has 2 aromatic heterocycles. The third-order valence-electron chi connectivity index (χ3n) is 3.29. The van der Waals surface area contributed by atoms with Crippen LogP contribution in [0.4, 0.5) is 5.82 Å². The van der Waals surface area contributed by atoms with Crippen LogP contribution in [0.3, 0.4) is 0 Å². The van der Waals surface area contributed by atoms with Gasteiger partial charge in [0, 0.05) is 10.4 Å². The van der Waals surface area contributed by atoms with Gasteiger partial charge >= 0.3 is 0 Å². The van der Waals surface area contributed by atoms with Gasteiger partial charge in [0.2, 0.25) is 0 Å². The van der Waals surface area contributed by atoms with Crippen LogP contribution in [0.25, 0.3) is 10.6 Å². The molecule has 2 aromatic rings. The van der Waals surface area contributed by atoms with Crippen LogP contribution in [0.5, 0.6) is 0 Å². The van der Waals surface area contributed by atoms with Crippen molar-refractivity contribution in [2.24, 2.45) is 0 Å². The van der Waals surface area contributed by atoms with Crippen LogP contribution in [-0.4, -0.2) is 5.16 Å². The highest BCUT2D eigenvalue weighted by Crippen LogP contribution is 2.39. The van der Waals surface area contributed by atoms with Crippen molar-refractivity contribution in [3.63, 3.8) is 0 Å². The molecule has 3 nitrogen and oxygen atoms in total. The van der Waals surface area contributed by atoms with E-state index in [-0.39, 0.29) is 0 Å². The molecule has 1 aliphatic rings. The number of aryl methyl sites for hydroxylation is 2. The first-order chi connectivity index (χ1) is 8.29. The second-order valence-corrected chi connectivity index (χ2v) is 5.67. The molecule has 0 radical (unpaired) electrons. The minimum Gasteiger partial charge on any atom is -0.381 e. The Kier molecular flexibility index (Phi) is 2.67. The molecule has 0 aromatic carbocycles. The molecule has 1 aliphatic carbocycles. The van der Waals surface area contributed by atoms with Crippen molar-refractivity contribution in [3.05, 3.63) is 22.1 Å². The average molecular weight is 248 g/mol. The highest BCUT2D eigenvalue weighted by atomic mass is 32.1. The molecule has 0 fully saturated rings. The van der Waals surface area contributed by atoms with E-state index in [1.807, 2.05) is 11.3 Å². The number of anilines is 1. The molecule has 2 heterocycles. The molecule has 0 bridgehead atoms. The summed E-state index contributed by atoms with van der Waals surface area (Å²) in [5.41, 5.74) is 8.42. The first-order valence-electron chi connectivity index (χ1n) is 6.15. The lowest BCUT2D eigenvalue weighted by Gasteiger charge is -1.97. The summed E-state index contributed by atoms with van der Waals surface area (Å²) in [7, 11) is 0. The molecule has 90 valence electrons. The lowest BCUT2D eigenvalue weighted by atomic mass is 10.1. The number of hydrogen-bond donors (Lipinski definition) is 1. The van der Waals surface area contributed by atoms with E-state index in [4.69, 9.17) is 10.3 Å². The number of nitrogens with zero attached hydrogens (tertiary/aromatic N) is 1. The van der Waals surface area contributed by atoms with Crippen molar-refractivity contribution in [3.8, 4) is 10.6 Å². The maximum atomic E-state index is 5.86. The number of rotatable bonds is 3. The Morgan fingerprint density at radius 2 is 2.35 bits per heavy atom. The van der Waals surface area contributed by atoms with E-state index in [9.17, 15) is 0 Å². The number of nitrogen functional groups attached to an aromatic ring is 1. The lowest BCUT2D eigenvalue weighted by molar-refractivity contribution is 0.436. The maximum absolute atomic E-state index is 5.86. The predicted molar refractivity (Wildman–Crippen MR) is 70.2 cm³/mol. The molecular formula is C13H16N2OS. The molecule has 0 saturated carbocycles. The third kappa shape index (κ3) is 1.76. The molecule has 3 rings (SSSR count). The zero-order chi connectivity index (χ0) is 11.8. The van der Waals surface area contributed by atoms with E-state index in [0.717, 1.165) is 24.2 Å². The standard InChI is InChI=1S/C13H16N2OS/c1-2-4-9-12(16-15-13(9)14)11-7-8-5-3-6-10(8)17-11/h7H,2-6H2,1H3,(H2,14,15). The Balaban J connectivity index is 2.02. The summed E-state index contributed by atoms with van der Waals surface area (Å²) < 4.78 is 5.41. The van der Waals surface area contributed by atoms with Gasteiger partial charge in [-0.2, -0.15) is 0 Å². The largest absolute Gasteiger partial charge is 0.381 e. The lowest BCUT2D eigenvalue weighted by Crippen LogP contribution is -1.92. The van der Waals surface area contributed by atoms with Crippen LogP contribution in [0.2, 0.25) is 0 Å². The van der Waals surface area contributed by atoms with Gasteiger partial charge < -0.3 is 10.3 Å². The van der Waals surface area contributed by atoms with Crippen LogP contribution in [-0.2, 0) is 19.3 Å². The zero-order valence-electron chi connectivity index (χ0n) is 9.95. The Bertz CT molecular complexity index is 520. The topological polar surface area (TPSA) is 52.0 Å². The second-order valence-electron chi connectivity index (χ2n) is 4.54. The fraction of sp³-hybridized carbons (Fsp3) is 0.462. The van der Waals surface area contributed by atoms with Gasteiger partial charge in [0.05, 0.1) is 4.88 Å². The number of nitrogens with two attached hydrogens (primary N) is 1. The van der Waals surface area contributed by atoms with Crippen molar-refractivity contribution in [2.45, 2.75) is 39.0 Å². The average Bonchev–Trinajstić information content (AvgIpc) is 2.94. The van der Waals surface area contributed by atoms with Gasteiger partial charge in [-0.15, -0.1) is 11.3 Å². The molecule has 4 heteroatoms. The quantitative estimate of drug-likeness (QED) is 0.905. The summed E-state index contributed by atoms with van der Waals surface area (Å²) in [5, 5.41) is 3.90. The van der Waals surface area contributed by atoms with Crippen LogP contribution < -0.4 is 5.73 Å². The molecular weight excluding hydrogens is 232 g/mol. The monoisotopic (exact) mass is 248 g/mol. The Labute approximate surface area is 105 Å². The van der Waals surface area contributed by atoms with Crippen LogP contribution >= 0.6 is 11.3 Å². The Morgan fingerprint density at radius 1 is 1.47 bits per heavy atom. The van der Waals surface area contributed by atoms with Crippen molar-refractivity contribution in [1.82, 2.24) is 5.16 Å². The second kappa shape index (κ2) is 4.18. The Hall–Kier alpha value is -1.29. The molecule has 0 saturated heterocycles. The molecule has 2 N–H and O–H groups in total. The van der Waals surface area contributed by atoms with Gasteiger partial charge in [-0.1, -0.05) is 18.5 Å². The molecule has 0 atom stereocenters. The van der Waals surface area contributed by atoms with Gasteiger partial charge in [-0.05, 0) is 37.3 Å². The predicted octanol–water partition coefficient (Wildman–Crippen LogP) is 3.43. The smallest absolute Gasteiger partial charge is 0.182 e. The minimum atomic E-state index is 0.551. The fourth-order valence-corrected chi connectivity index (χ4v) is 3.71. The molecule has 0 spiro atoms. The van der Waals surface area contributed by atoms with Crippen LogP contribution in [0.15, 0.2) is 10.6 Å². The summed E-state index contributed by atoms with van der Waals surface area (Å²) in [6.45, 7) is 2.14. The van der Waals surface area contributed by atoms with E-state index in [2.05, 4.69) is 18.1 Å². The summed E-state index contributed by atoms with van der Waals surface area (Å²) in [4.78, 5) is 2.71. The Morgan fingerprint density at radius 3 is 3.12 bits per heavy atom. The number of thiophene rings is 1. The summed E-state index contributed by atoms with van der Waals surface area (Å²) in [6, 6.07) is 2.26. The summed E-state index contributed by atoms with van der Waals surface area (Å²) in [5.74, 6) is 1.44. The highest BCUT2D eigenvalue weighted by Gasteiger charge is 2.21. The third-order valence-corrected chi connectivity index (χ3v) is 4.52. The van der Waals surface area contributed by atoms with Gasteiger partial charge in [0.25, 0.3) is 0 Å². The van der Waals surface area contributed by atoms with E-state index < -0.39 is 0 Å². The summed E-state index contributed by atoms with van der Waals surface area (Å²) >= 11 is 1.84.